The largest absolute Gasteiger partial charge is 0.397 e. The number of pyridine rings is 1. The molecule has 0 radical (unpaired) electrons. The van der Waals surface area contributed by atoms with Gasteiger partial charge in [0.2, 0.25) is 0 Å². The lowest BCUT2D eigenvalue weighted by Gasteiger charge is -1.93. The van der Waals surface area contributed by atoms with Crippen LogP contribution >= 0.6 is 11.6 Å². The molecular formula is C6H8ClN2+. The number of H-pyrrole nitrogens is 1. The number of rotatable bonds is 0. The van der Waals surface area contributed by atoms with Gasteiger partial charge in [-0.1, -0.05) is 11.6 Å². The van der Waals surface area contributed by atoms with Gasteiger partial charge in [-0.2, -0.15) is 0 Å². The molecule has 0 aliphatic heterocycles. The molecule has 0 aromatic carbocycles. The third-order valence-electron chi connectivity index (χ3n) is 1.19. The molecule has 0 bridgehead atoms. The zero-order valence-corrected chi connectivity index (χ0v) is 5.87. The highest BCUT2D eigenvalue weighted by Gasteiger charge is 2.00. The van der Waals surface area contributed by atoms with Crippen LogP contribution in [0.3, 0.4) is 0 Å². The summed E-state index contributed by atoms with van der Waals surface area (Å²) in [6.07, 6.45) is 3.46. The van der Waals surface area contributed by atoms with E-state index in [0.717, 1.165) is 5.56 Å². The van der Waals surface area contributed by atoms with Gasteiger partial charge < -0.3 is 5.73 Å². The predicted molar refractivity (Wildman–Crippen MR) is 37.2 cm³/mol. The van der Waals surface area contributed by atoms with Crippen molar-refractivity contribution in [1.29, 1.82) is 0 Å². The third-order valence-corrected chi connectivity index (χ3v) is 1.50. The molecule has 0 saturated heterocycles. The van der Waals surface area contributed by atoms with Crippen LogP contribution in [0.1, 0.15) is 5.56 Å². The maximum absolute atomic E-state index is 5.66. The summed E-state index contributed by atoms with van der Waals surface area (Å²) in [4.78, 5) is 2.86. The fourth-order valence-corrected chi connectivity index (χ4v) is 0.796. The lowest BCUT2D eigenvalue weighted by Crippen LogP contribution is -2.03. The van der Waals surface area contributed by atoms with Crippen molar-refractivity contribution >= 4 is 17.3 Å². The van der Waals surface area contributed by atoms with Crippen LogP contribution in [0.25, 0.3) is 0 Å². The van der Waals surface area contributed by atoms with Crippen molar-refractivity contribution in [2.45, 2.75) is 6.92 Å². The molecule has 0 fully saturated rings. The molecule has 3 heteroatoms. The molecule has 1 heterocycles. The predicted octanol–water partition coefficient (Wildman–Crippen LogP) is 1.04. The Morgan fingerprint density at radius 3 is 2.67 bits per heavy atom. The summed E-state index contributed by atoms with van der Waals surface area (Å²) < 4.78 is 0. The SMILES string of the molecule is Cc1c[nH+]cc(Cl)c1N. The van der Waals surface area contributed by atoms with Gasteiger partial charge in [-0.25, -0.2) is 4.98 Å². The van der Waals surface area contributed by atoms with E-state index in [0.29, 0.717) is 10.7 Å². The molecule has 2 nitrogen and oxygen atoms in total. The Bertz CT molecular complexity index is 202. The van der Waals surface area contributed by atoms with Crippen molar-refractivity contribution in [1.82, 2.24) is 0 Å². The number of hydrogen-bond donors (Lipinski definition) is 1. The monoisotopic (exact) mass is 143 g/mol. The van der Waals surface area contributed by atoms with E-state index in [4.69, 9.17) is 17.3 Å². The Labute approximate surface area is 58.7 Å². The molecule has 48 valence electrons. The van der Waals surface area contributed by atoms with Crippen molar-refractivity contribution in [3.63, 3.8) is 0 Å². The van der Waals surface area contributed by atoms with Crippen LogP contribution in [0.15, 0.2) is 12.4 Å². The van der Waals surface area contributed by atoms with Crippen molar-refractivity contribution in [2.75, 3.05) is 5.73 Å². The van der Waals surface area contributed by atoms with Gasteiger partial charge in [0.1, 0.15) is 5.02 Å². The molecule has 0 amide bonds. The Kier molecular flexibility index (Phi) is 1.58. The lowest BCUT2D eigenvalue weighted by molar-refractivity contribution is -0.378. The second kappa shape index (κ2) is 2.23. The van der Waals surface area contributed by atoms with Crippen molar-refractivity contribution < 1.29 is 4.98 Å². The molecule has 3 N–H and O–H groups in total. The topological polar surface area (TPSA) is 40.2 Å². The van der Waals surface area contributed by atoms with Crippen LogP contribution in [0, 0.1) is 6.92 Å². The smallest absolute Gasteiger partial charge is 0.187 e. The zero-order chi connectivity index (χ0) is 6.85. The summed E-state index contributed by atoms with van der Waals surface area (Å²) in [6.45, 7) is 1.90. The number of nitrogens with one attached hydrogen (secondary N) is 1. The van der Waals surface area contributed by atoms with E-state index in [1.807, 2.05) is 6.92 Å². The number of hydrogen-bond acceptors (Lipinski definition) is 1. The summed E-state index contributed by atoms with van der Waals surface area (Å²) >= 11 is 5.66. The Morgan fingerprint density at radius 1 is 1.56 bits per heavy atom. The maximum atomic E-state index is 5.66. The zero-order valence-electron chi connectivity index (χ0n) is 5.11. The Hall–Kier alpha value is -0.760. The molecule has 0 atom stereocenters. The normalized spacial score (nSPS) is 9.56. The second-order valence-electron chi connectivity index (χ2n) is 1.90. The van der Waals surface area contributed by atoms with E-state index in [2.05, 4.69) is 4.98 Å². The summed E-state index contributed by atoms with van der Waals surface area (Å²) in [5.74, 6) is 0. The van der Waals surface area contributed by atoms with Gasteiger partial charge in [0.05, 0.1) is 5.69 Å². The molecule has 0 saturated carbocycles. The van der Waals surface area contributed by atoms with Gasteiger partial charge >= 0.3 is 0 Å². The van der Waals surface area contributed by atoms with Gasteiger partial charge in [0.15, 0.2) is 12.4 Å². The fraction of sp³-hybridized carbons (Fsp3) is 0.167. The lowest BCUT2D eigenvalue weighted by atomic mass is 10.3. The molecule has 9 heavy (non-hydrogen) atoms. The molecule has 1 aromatic heterocycles. The number of halogens is 1. The van der Waals surface area contributed by atoms with Crippen molar-refractivity contribution in [2.24, 2.45) is 0 Å². The van der Waals surface area contributed by atoms with Crippen LogP contribution in [-0.2, 0) is 0 Å². The molecular weight excluding hydrogens is 136 g/mol. The van der Waals surface area contributed by atoms with Crippen LogP contribution in [-0.4, -0.2) is 0 Å². The van der Waals surface area contributed by atoms with E-state index in [9.17, 15) is 0 Å². The van der Waals surface area contributed by atoms with Crippen molar-refractivity contribution in [3.05, 3.63) is 23.0 Å². The summed E-state index contributed by atoms with van der Waals surface area (Å²) in [5.41, 5.74) is 7.15. The van der Waals surface area contributed by atoms with E-state index >= 15 is 0 Å². The van der Waals surface area contributed by atoms with Crippen LogP contribution in [0.2, 0.25) is 5.02 Å². The van der Waals surface area contributed by atoms with Gasteiger partial charge in [0, 0.05) is 5.56 Å². The summed E-state index contributed by atoms with van der Waals surface area (Å²) in [7, 11) is 0. The molecule has 1 rings (SSSR count). The van der Waals surface area contributed by atoms with E-state index in [1.54, 1.807) is 12.4 Å². The molecule has 1 aromatic rings. The van der Waals surface area contributed by atoms with Gasteiger partial charge in [-0.05, 0) is 6.92 Å². The number of aryl methyl sites for hydroxylation is 1. The minimum Gasteiger partial charge on any atom is -0.397 e. The number of aromatic amines is 1. The number of aromatic nitrogens is 1. The number of nitrogens with two attached hydrogens (primary N) is 1. The quantitative estimate of drug-likeness (QED) is 0.580. The average molecular weight is 144 g/mol. The van der Waals surface area contributed by atoms with Gasteiger partial charge in [-0.3, -0.25) is 0 Å². The number of nitrogen functional groups attached to an aromatic ring is 1. The molecule has 0 spiro atoms. The van der Waals surface area contributed by atoms with Gasteiger partial charge in [-0.15, -0.1) is 0 Å². The first-order valence-electron chi connectivity index (χ1n) is 2.63. The average Bonchev–Trinajstić information content (AvgIpc) is 1.83. The molecule has 0 aliphatic rings. The summed E-state index contributed by atoms with van der Waals surface area (Å²) in [6, 6.07) is 0. The van der Waals surface area contributed by atoms with Crippen molar-refractivity contribution in [3.8, 4) is 0 Å². The highest BCUT2D eigenvalue weighted by molar-refractivity contribution is 6.32. The number of anilines is 1. The highest BCUT2D eigenvalue weighted by atomic mass is 35.5. The van der Waals surface area contributed by atoms with Crippen LogP contribution in [0.4, 0.5) is 5.69 Å². The third kappa shape index (κ3) is 1.13. The fourth-order valence-electron chi connectivity index (χ4n) is 0.584. The van der Waals surface area contributed by atoms with Crippen LogP contribution in [0.5, 0.6) is 0 Å². The first-order chi connectivity index (χ1) is 4.22. The van der Waals surface area contributed by atoms with E-state index in [-0.39, 0.29) is 0 Å². The first-order valence-corrected chi connectivity index (χ1v) is 3.01. The molecule has 0 unspecified atom stereocenters. The van der Waals surface area contributed by atoms with Crippen LogP contribution < -0.4 is 10.7 Å². The minimum atomic E-state index is 0.579. The Balaban J connectivity index is 3.25. The first kappa shape index (κ1) is 6.36. The van der Waals surface area contributed by atoms with E-state index in [1.165, 1.54) is 0 Å². The van der Waals surface area contributed by atoms with E-state index < -0.39 is 0 Å². The van der Waals surface area contributed by atoms with Gasteiger partial charge in [0.25, 0.3) is 0 Å². The standard InChI is InChI=1S/C6H7ClN2/c1-4-2-9-3-5(7)6(4)8/h2-3H,1H3,(H2,8,9)/p+1. The summed E-state index contributed by atoms with van der Waals surface area (Å²) in [5, 5.41) is 0.579. The minimum absolute atomic E-state index is 0.579. The Morgan fingerprint density at radius 2 is 2.22 bits per heavy atom. The second-order valence-corrected chi connectivity index (χ2v) is 2.31. The maximum Gasteiger partial charge on any atom is 0.187 e. The molecule has 0 aliphatic carbocycles. The highest BCUT2D eigenvalue weighted by Crippen LogP contribution is 2.17.